The van der Waals surface area contributed by atoms with Crippen LogP contribution in [0.3, 0.4) is 0 Å². The van der Waals surface area contributed by atoms with Gasteiger partial charge in [0.1, 0.15) is 0 Å². The minimum atomic E-state index is -2.79. The Kier molecular flexibility index (Phi) is 2.68. The molecule has 1 unspecified atom stereocenters. The molecule has 0 radical (unpaired) electrons. The summed E-state index contributed by atoms with van der Waals surface area (Å²) >= 11 is 0. The molecule has 0 spiro atoms. The predicted octanol–water partition coefficient (Wildman–Crippen LogP) is 0.858. The molecule has 72 valence electrons. The van der Waals surface area contributed by atoms with Crippen molar-refractivity contribution < 1.29 is 13.9 Å². The van der Waals surface area contributed by atoms with E-state index in [1.54, 1.807) is 6.92 Å². The summed E-state index contributed by atoms with van der Waals surface area (Å²) in [5.74, 6) is -3.82. The lowest BCUT2D eigenvalue weighted by Crippen LogP contribution is -2.52. The molecule has 0 aliphatic carbocycles. The third-order valence-electron chi connectivity index (χ3n) is 2.48. The van der Waals surface area contributed by atoms with E-state index in [9.17, 15) is 13.9 Å². The van der Waals surface area contributed by atoms with E-state index in [1.165, 1.54) is 0 Å². The van der Waals surface area contributed by atoms with E-state index in [2.05, 4.69) is 5.32 Å². The standard InChI is InChI=1S/C8H15F2NO/c1-5-3-11-4-6(7(5)12)8(2,9)10/h5-7,11-12H,3-4H2,1-2H3/t5?,6-,7-/m0/s1. The largest absolute Gasteiger partial charge is 0.392 e. The van der Waals surface area contributed by atoms with Crippen LogP contribution in [0, 0.1) is 11.8 Å². The number of nitrogens with one attached hydrogen (secondary N) is 1. The van der Waals surface area contributed by atoms with Gasteiger partial charge in [-0.2, -0.15) is 0 Å². The number of piperidine rings is 1. The van der Waals surface area contributed by atoms with Crippen LogP contribution in [0.15, 0.2) is 0 Å². The molecule has 0 aromatic rings. The van der Waals surface area contributed by atoms with Gasteiger partial charge in [0.05, 0.1) is 12.0 Å². The Balaban J connectivity index is 2.64. The first kappa shape index (κ1) is 9.86. The number of aliphatic hydroxyl groups is 1. The fourth-order valence-corrected chi connectivity index (χ4v) is 1.58. The highest BCUT2D eigenvalue weighted by atomic mass is 19.3. The maximum atomic E-state index is 12.8. The van der Waals surface area contributed by atoms with Crippen LogP contribution in [0.1, 0.15) is 13.8 Å². The first-order valence-electron chi connectivity index (χ1n) is 4.19. The van der Waals surface area contributed by atoms with Gasteiger partial charge >= 0.3 is 0 Å². The quantitative estimate of drug-likeness (QED) is 0.625. The topological polar surface area (TPSA) is 32.3 Å². The number of hydrogen-bond donors (Lipinski definition) is 2. The van der Waals surface area contributed by atoms with Gasteiger partial charge in [0.15, 0.2) is 0 Å². The third kappa shape index (κ3) is 1.93. The molecule has 0 bridgehead atoms. The van der Waals surface area contributed by atoms with Crippen molar-refractivity contribution in [3.8, 4) is 0 Å². The maximum Gasteiger partial charge on any atom is 0.251 e. The highest BCUT2D eigenvalue weighted by Crippen LogP contribution is 2.31. The van der Waals surface area contributed by atoms with E-state index in [4.69, 9.17) is 0 Å². The normalized spacial score (nSPS) is 38.2. The first-order valence-corrected chi connectivity index (χ1v) is 4.19. The molecule has 1 fully saturated rings. The minimum absolute atomic E-state index is 0.0884. The van der Waals surface area contributed by atoms with Crippen molar-refractivity contribution in [2.75, 3.05) is 13.1 Å². The average molecular weight is 179 g/mol. The Morgan fingerprint density at radius 3 is 2.42 bits per heavy atom. The van der Waals surface area contributed by atoms with Crippen LogP contribution in [-0.2, 0) is 0 Å². The van der Waals surface area contributed by atoms with Crippen LogP contribution in [0.4, 0.5) is 8.78 Å². The Hall–Kier alpha value is -0.220. The van der Waals surface area contributed by atoms with Gasteiger partial charge in [0.25, 0.3) is 5.92 Å². The Labute approximate surface area is 71.0 Å². The summed E-state index contributed by atoms with van der Waals surface area (Å²) in [7, 11) is 0. The average Bonchev–Trinajstić information content (AvgIpc) is 1.92. The third-order valence-corrected chi connectivity index (χ3v) is 2.48. The predicted molar refractivity (Wildman–Crippen MR) is 42.2 cm³/mol. The lowest BCUT2D eigenvalue weighted by molar-refractivity contribution is -0.112. The van der Waals surface area contributed by atoms with Crippen molar-refractivity contribution in [1.82, 2.24) is 5.32 Å². The zero-order valence-electron chi connectivity index (χ0n) is 7.35. The lowest BCUT2D eigenvalue weighted by atomic mass is 9.85. The van der Waals surface area contributed by atoms with Crippen LogP contribution in [0.2, 0.25) is 0 Å². The van der Waals surface area contributed by atoms with Gasteiger partial charge in [-0.05, 0) is 12.8 Å². The Bertz CT molecular complexity index is 158. The molecule has 1 heterocycles. The lowest BCUT2D eigenvalue weighted by Gasteiger charge is -2.36. The summed E-state index contributed by atoms with van der Waals surface area (Å²) < 4.78 is 25.7. The fourth-order valence-electron chi connectivity index (χ4n) is 1.58. The molecule has 0 aromatic carbocycles. The summed E-state index contributed by atoms with van der Waals surface area (Å²) in [6.45, 7) is 3.46. The molecular formula is C8H15F2NO. The first-order chi connectivity index (χ1) is 5.43. The fraction of sp³-hybridized carbons (Fsp3) is 1.00. The maximum absolute atomic E-state index is 12.8. The van der Waals surface area contributed by atoms with E-state index in [1.807, 2.05) is 0 Å². The zero-order valence-corrected chi connectivity index (χ0v) is 7.35. The van der Waals surface area contributed by atoms with Crippen molar-refractivity contribution in [1.29, 1.82) is 0 Å². The number of aliphatic hydroxyl groups excluding tert-OH is 1. The SMILES string of the molecule is CC1CNC[C@H](C(C)(F)F)[C@H]1O. The monoisotopic (exact) mass is 179 g/mol. The Morgan fingerprint density at radius 2 is 2.00 bits per heavy atom. The molecule has 12 heavy (non-hydrogen) atoms. The molecule has 0 amide bonds. The van der Waals surface area contributed by atoms with Gasteiger partial charge in [0.2, 0.25) is 0 Å². The molecular weight excluding hydrogens is 164 g/mol. The number of halogens is 2. The molecule has 4 heteroatoms. The molecule has 1 saturated heterocycles. The highest BCUT2D eigenvalue weighted by Gasteiger charge is 2.43. The van der Waals surface area contributed by atoms with E-state index >= 15 is 0 Å². The summed E-state index contributed by atoms with van der Waals surface area (Å²) in [4.78, 5) is 0. The van der Waals surface area contributed by atoms with E-state index in [0.29, 0.717) is 6.54 Å². The summed E-state index contributed by atoms with van der Waals surface area (Å²) in [5.41, 5.74) is 0. The molecule has 1 aliphatic heterocycles. The van der Waals surface area contributed by atoms with Crippen molar-refractivity contribution >= 4 is 0 Å². The van der Waals surface area contributed by atoms with Crippen LogP contribution >= 0.6 is 0 Å². The molecule has 1 aliphatic rings. The molecule has 3 atom stereocenters. The minimum Gasteiger partial charge on any atom is -0.392 e. The van der Waals surface area contributed by atoms with Crippen LogP contribution in [-0.4, -0.2) is 30.2 Å². The molecule has 0 saturated carbocycles. The second-order valence-corrected chi connectivity index (χ2v) is 3.69. The molecule has 2 N–H and O–H groups in total. The van der Waals surface area contributed by atoms with Crippen molar-refractivity contribution in [3.63, 3.8) is 0 Å². The van der Waals surface area contributed by atoms with Crippen molar-refractivity contribution in [3.05, 3.63) is 0 Å². The number of hydrogen-bond acceptors (Lipinski definition) is 2. The number of rotatable bonds is 1. The zero-order chi connectivity index (χ0) is 9.35. The van der Waals surface area contributed by atoms with Gasteiger partial charge in [-0.1, -0.05) is 6.92 Å². The van der Waals surface area contributed by atoms with Gasteiger partial charge < -0.3 is 10.4 Å². The highest BCUT2D eigenvalue weighted by molar-refractivity contribution is 4.88. The van der Waals surface area contributed by atoms with Crippen molar-refractivity contribution in [2.24, 2.45) is 11.8 Å². The van der Waals surface area contributed by atoms with Gasteiger partial charge in [-0.3, -0.25) is 0 Å². The molecule has 0 aromatic heterocycles. The Morgan fingerprint density at radius 1 is 1.42 bits per heavy atom. The van der Waals surface area contributed by atoms with Gasteiger partial charge in [-0.15, -0.1) is 0 Å². The summed E-state index contributed by atoms with van der Waals surface area (Å²) in [5, 5.41) is 12.3. The molecule has 1 rings (SSSR count). The summed E-state index contributed by atoms with van der Waals surface area (Å²) in [6.07, 6.45) is -0.883. The smallest absolute Gasteiger partial charge is 0.251 e. The molecule has 2 nitrogen and oxygen atoms in total. The van der Waals surface area contributed by atoms with E-state index in [0.717, 1.165) is 6.92 Å². The van der Waals surface area contributed by atoms with E-state index < -0.39 is 17.9 Å². The van der Waals surface area contributed by atoms with Gasteiger partial charge in [-0.25, -0.2) is 8.78 Å². The second-order valence-electron chi connectivity index (χ2n) is 3.69. The second kappa shape index (κ2) is 3.26. The van der Waals surface area contributed by atoms with Crippen LogP contribution < -0.4 is 5.32 Å². The van der Waals surface area contributed by atoms with Gasteiger partial charge in [0, 0.05) is 13.1 Å². The van der Waals surface area contributed by atoms with E-state index in [-0.39, 0.29) is 12.5 Å². The number of alkyl halides is 2. The van der Waals surface area contributed by atoms with Crippen molar-refractivity contribution in [2.45, 2.75) is 25.9 Å². The summed E-state index contributed by atoms with van der Waals surface area (Å²) in [6, 6.07) is 0. The van der Waals surface area contributed by atoms with Crippen LogP contribution in [0.5, 0.6) is 0 Å². The van der Waals surface area contributed by atoms with Crippen LogP contribution in [0.25, 0.3) is 0 Å².